The molecule has 0 bridgehead atoms. The van der Waals surface area contributed by atoms with Gasteiger partial charge in [0.2, 0.25) is 5.95 Å². The molecule has 170 valence electrons. The summed E-state index contributed by atoms with van der Waals surface area (Å²) in [6.07, 6.45) is -0.881. The van der Waals surface area contributed by atoms with Crippen molar-refractivity contribution in [3.8, 4) is 6.01 Å². The maximum atomic E-state index is 14.0. The normalized spacial score (nSPS) is 20.7. The molecule has 33 heavy (non-hydrogen) atoms. The van der Waals surface area contributed by atoms with Crippen molar-refractivity contribution in [3.63, 3.8) is 0 Å². The van der Waals surface area contributed by atoms with E-state index < -0.39 is 12.2 Å². The Balaban J connectivity index is 1.34. The van der Waals surface area contributed by atoms with Gasteiger partial charge in [0.1, 0.15) is 24.0 Å². The number of benzene rings is 1. The molecule has 1 aromatic carbocycles. The van der Waals surface area contributed by atoms with E-state index in [4.69, 9.17) is 14.5 Å². The average Bonchev–Trinajstić information content (AvgIpc) is 3.07. The molecule has 0 spiro atoms. The average molecular weight is 469 g/mol. The van der Waals surface area contributed by atoms with E-state index in [1.54, 1.807) is 11.3 Å². The maximum absolute atomic E-state index is 14.0. The molecular weight excluding hydrogens is 447 g/mol. The molecule has 2 aliphatic rings. The number of fused-ring (bicyclic) bond motifs is 5. The van der Waals surface area contributed by atoms with E-state index in [9.17, 15) is 9.50 Å². The summed E-state index contributed by atoms with van der Waals surface area (Å²) in [7, 11) is 0. The highest BCUT2D eigenvalue weighted by atomic mass is 32.1. The van der Waals surface area contributed by atoms with Gasteiger partial charge in [-0.1, -0.05) is 0 Å². The predicted octanol–water partition coefficient (Wildman–Crippen LogP) is 3.29. The quantitative estimate of drug-likeness (QED) is 0.335. The van der Waals surface area contributed by atoms with E-state index >= 15 is 0 Å². The summed E-state index contributed by atoms with van der Waals surface area (Å²) in [5.74, 6) is 0.0704. The Morgan fingerprint density at radius 2 is 2.06 bits per heavy atom. The number of aliphatic hydroxyl groups is 1. The van der Waals surface area contributed by atoms with Crippen LogP contribution >= 0.6 is 11.3 Å². The lowest BCUT2D eigenvalue weighted by Gasteiger charge is -2.25. The van der Waals surface area contributed by atoms with Crippen molar-refractivity contribution in [2.75, 3.05) is 30.4 Å². The van der Waals surface area contributed by atoms with Crippen molar-refractivity contribution in [1.29, 1.82) is 0 Å². The second kappa shape index (κ2) is 8.03. The molecule has 2 atom stereocenters. The Hall–Kier alpha value is -3.12. The van der Waals surface area contributed by atoms with E-state index in [0.29, 0.717) is 25.6 Å². The van der Waals surface area contributed by atoms with Gasteiger partial charge >= 0.3 is 6.01 Å². The lowest BCUT2D eigenvalue weighted by atomic mass is 10.1. The molecule has 9 nitrogen and oxygen atoms in total. The van der Waals surface area contributed by atoms with Gasteiger partial charge in [0.15, 0.2) is 0 Å². The standard InChI is InChI=1S/C22H21FN6O3S/c1-10-7-24-19-18-12-2-5-16(26-13(12)3-4-14(18)33-20(19)21(30)25-10)28-17-6-15(23)27-22(29-17)32-11-8-31-9-11/h2-6,10-11,21,24-25,30H,7-9H2,1H3,(H,26,27,28,29)/t10-,21?/m1/s1. The van der Waals surface area contributed by atoms with Crippen LogP contribution in [0.4, 0.5) is 21.7 Å². The number of aliphatic hydroxyl groups excluding tert-OH is 1. The maximum Gasteiger partial charge on any atom is 0.321 e. The fourth-order valence-electron chi connectivity index (χ4n) is 3.99. The van der Waals surface area contributed by atoms with Crippen LogP contribution in [0.3, 0.4) is 0 Å². The Morgan fingerprint density at radius 3 is 2.88 bits per heavy atom. The number of aromatic nitrogens is 3. The van der Waals surface area contributed by atoms with Gasteiger partial charge < -0.3 is 25.2 Å². The van der Waals surface area contributed by atoms with Gasteiger partial charge in [0.25, 0.3) is 0 Å². The van der Waals surface area contributed by atoms with Gasteiger partial charge in [-0.25, -0.2) is 4.98 Å². The monoisotopic (exact) mass is 468 g/mol. The minimum absolute atomic E-state index is 0.0401. The van der Waals surface area contributed by atoms with Crippen molar-refractivity contribution in [2.24, 2.45) is 0 Å². The minimum Gasteiger partial charge on any atom is -0.455 e. The third-order valence-electron chi connectivity index (χ3n) is 5.64. The van der Waals surface area contributed by atoms with Gasteiger partial charge in [-0.2, -0.15) is 14.4 Å². The first-order valence-corrected chi connectivity index (χ1v) is 11.5. The summed E-state index contributed by atoms with van der Waals surface area (Å²) in [5.41, 5.74) is 1.71. The molecule has 1 fully saturated rings. The molecule has 0 aliphatic carbocycles. The molecule has 1 unspecified atom stereocenters. The Bertz CT molecular complexity index is 1360. The fraction of sp³-hybridized carbons (Fsp3) is 0.318. The van der Waals surface area contributed by atoms with Crippen LogP contribution in [-0.4, -0.2) is 52.0 Å². The molecule has 0 radical (unpaired) electrons. The third-order valence-corrected chi connectivity index (χ3v) is 6.84. The first-order valence-electron chi connectivity index (χ1n) is 10.6. The minimum atomic E-state index is -0.720. The molecule has 4 aromatic rings. The van der Waals surface area contributed by atoms with Gasteiger partial charge in [0, 0.05) is 34.1 Å². The molecule has 5 heterocycles. The fourth-order valence-corrected chi connectivity index (χ4v) is 5.14. The largest absolute Gasteiger partial charge is 0.455 e. The SMILES string of the molecule is C[C@@H]1CNc2c(sc3ccc4nc(Nc5cc(F)nc(OC6COC6)n5)ccc4c23)C(O)N1. The van der Waals surface area contributed by atoms with Gasteiger partial charge in [0.05, 0.1) is 29.3 Å². The molecule has 11 heteroatoms. The topological polar surface area (TPSA) is 113 Å². The summed E-state index contributed by atoms with van der Waals surface area (Å²) >= 11 is 1.56. The summed E-state index contributed by atoms with van der Waals surface area (Å²) in [4.78, 5) is 13.5. The van der Waals surface area contributed by atoms with Gasteiger partial charge in [-0.15, -0.1) is 11.3 Å². The number of ether oxygens (including phenoxy) is 2. The molecule has 6 rings (SSSR count). The molecule has 4 N–H and O–H groups in total. The summed E-state index contributed by atoms with van der Waals surface area (Å²) in [6.45, 7) is 3.61. The van der Waals surface area contributed by atoms with Crippen molar-refractivity contribution in [3.05, 3.63) is 41.2 Å². The number of hydrogen-bond donors (Lipinski definition) is 4. The predicted molar refractivity (Wildman–Crippen MR) is 124 cm³/mol. The summed E-state index contributed by atoms with van der Waals surface area (Å²) in [5, 5.41) is 22.3. The molecule has 2 aliphatic heterocycles. The van der Waals surface area contributed by atoms with Gasteiger partial charge in [-0.05, 0) is 31.2 Å². The van der Waals surface area contributed by atoms with Crippen LogP contribution < -0.4 is 20.7 Å². The van der Waals surface area contributed by atoms with Crippen LogP contribution in [0.1, 0.15) is 18.0 Å². The molecule has 3 aromatic heterocycles. The van der Waals surface area contributed by atoms with Crippen LogP contribution in [0, 0.1) is 5.95 Å². The first-order chi connectivity index (χ1) is 16.0. The van der Waals surface area contributed by atoms with Crippen LogP contribution in [0.2, 0.25) is 0 Å². The zero-order valence-corrected chi connectivity index (χ0v) is 18.4. The van der Waals surface area contributed by atoms with E-state index in [1.807, 2.05) is 31.2 Å². The van der Waals surface area contributed by atoms with Crippen LogP contribution in [0.15, 0.2) is 30.3 Å². The summed E-state index contributed by atoms with van der Waals surface area (Å²) in [6, 6.07) is 9.02. The smallest absolute Gasteiger partial charge is 0.321 e. The van der Waals surface area contributed by atoms with Crippen LogP contribution in [0.5, 0.6) is 6.01 Å². The highest BCUT2D eigenvalue weighted by Gasteiger charge is 2.25. The Kier molecular flexibility index (Phi) is 4.98. The van der Waals surface area contributed by atoms with E-state index in [-0.39, 0.29) is 24.0 Å². The lowest BCUT2D eigenvalue weighted by molar-refractivity contribution is -0.0833. The number of nitrogens with one attached hydrogen (secondary N) is 3. The zero-order valence-electron chi connectivity index (χ0n) is 17.6. The van der Waals surface area contributed by atoms with Crippen molar-refractivity contribution < 1.29 is 19.0 Å². The second-order valence-electron chi connectivity index (χ2n) is 8.16. The molecule has 0 saturated carbocycles. The Labute approximate surface area is 192 Å². The number of anilines is 3. The lowest BCUT2D eigenvalue weighted by Crippen LogP contribution is -2.39. The number of thiophene rings is 1. The highest BCUT2D eigenvalue weighted by molar-refractivity contribution is 7.20. The summed E-state index contributed by atoms with van der Waals surface area (Å²) < 4.78 is 25.6. The number of rotatable bonds is 4. The third kappa shape index (κ3) is 3.82. The van der Waals surface area contributed by atoms with E-state index in [0.717, 1.165) is 31.6 Å². The Morgan fingerprint density at radius 1 is 1.18 bits per heavy atom. The molecule has 1 saturated heterocycles. The van der Waals surface area contributed by atoms with Crippen molar-refractivity contribution in [1.82, 2.24) is 20.3 Å². The molecule has 0 amide bonds. The van der Waals surface area contributed by atoms with Crippen molar-refractivity contribution in [2.45, 2.75) is 25.3 Å². The molecular formula is C22H21FN6O3S. The van der Waals surface area contributed by atoms with E-state index in [2.05, 4.69) is 25.9 Å². The number of halogens is 1. The zero-order chi connectivity index (χ0) is 22.5. The number of nitrogens with zero attached hydrogens (tertiary/aromatic N) is 3. The van der Waals surface area contributed by atoms with Crippen LogP contribution in [0.25, 0.3) is 21.0 Å². The van der Waals surface area contributed by atoms with E-state index in [1.165, 1.54) is 6.07 Å². The van der Waals surface area contributed by atoms with Crippen LogP contribution in [-0.2, 0) is 4.74 Å². The van der Waals surface area contributed by atoms with Crippen molar-refractivity contribution >= 4 is 49.6 Å². The number of pyridine rings is 1. The van der Waals surface area contributed by atoms with Gasteiger partial charge in [-0.3, -0.25) is 5.32 Å². The highest BCUT2D eigenvalue weighted by Crippen LogP contribution is 2.43. The number of hydrogen-bond acceptors (Lipinski definition) is 10. The first kappa shape index (κ1) is 20.5. The second-order valence-corrected chi connectivity index (χ2v) is 9.24.